The van der Waals surface area contributed by atoms with Crippen molar-refractivity contribution in [3.05, 3.63) is 39.6 Å². The molecule has 1 aromatic carbocycles. The molecule has 0 saturated heterocycles. The first-order chi connectivity index (χ1) is 12.3. The van der Waals surface area contributed by atoms with Gasteiger partial charge in [-0.05, 0) is 73.0 Å². The molecule has 0 saturated carbocycles. The largest absolute Gasteiger partial charge is 0.433 e. The molecule has 9 heteroatoms. The van der Waals surface area contributed by atoms with Crippen molar-refractivity contribution in [1.82, 2.24) is 15.1 Å². The van der Waals surface area contributed by atoms with E-state index in [-0.39, 0.29) is 5.75 Å². The van der Waals surface area contributed by atoms with Crippen molar-refractivity contribution in [1.29, 1.82) is 0 Å². The van der Waals surface area contributed by atoms with Crippen LogP contribution in [0, 0.1) is 20.8 Å². The van der Waals surface area contributed by atoms with Gasteiger partial charge in [0.1, 0.15) is 5.75 Å². The zero-order valence-electron chi connectivity index (χ0n) is 14.8. The molecule has 26 heavy (non-hydrogen) atoms. The third-order valence-electron chi connectivity index (χ3n) is 3.73. The van der Waals surface area contributed by atoms with E-state index >= 15 is 0 Å². The SMILES string of the molecule is Cc1ccc(NC(=S)NCCCn2nc(C)c(Br)c2C)c(OC(F)F)c1. The fourth-order valence-electron chi connectivity index (χ4n) is 2.42. The summed E-state index contributed by atoms with van der Waals surface area (Å²) in [5.74, 6) is 0.0663. The van der Waals surface area contributed by atoms with Crippen LogP contribution in [0.5, 0.6) is 5.75 Å². The second-order valence-electron chi connectivity index (χ2n) is 5.82. The Morgan fingerprint density at radius 3 is 2.69 bits per heavy atom. The number of nitrogens with one attached hydrogen (secondary N) is 2. The number of halogens is 3. The Kier molecular flexibility index (Phi) is 7.33. The first kappa shape index (κ1) is 20.6. The molecule has 2 N–H and O–H groups in total. The van der Waals surface area contributed by atoms with Gasteiger partial charge in [-0.2, -0.15) is 13.9 Å². The van der Waals surface area contributed by atoms with Crippen molar-refractivity contribution >= 4 is 38.9 Å². The van der Waals surface area contributed by atoms with Crippen molar-refractivity contribution < 1.29 is 13.5 Å². The van der Waals surface area contributed by atoms with Gasteiger partial charge in [-0.15, -0.1) is 0 Å². The van der Waals surface area contributed by atoms with Gasteiger partial charge in [0.2, 0.25) is 0 Å². The molecule has 0 aliphatic rings. The molecule has 0 atom stereocenters. The number of hydrogen-bond donors (Lipinski definition) is 2. The fraction of sp³-hybridized carbons (Fsp3) is 0.412. The van der Waals surface area contributed by atoms with E-state index < -0.39 is 6.61 Å². The highest BCUT2D eigenvalue weighted by atomic mass is 79.9. The average molecular weight is 447 g/mol. The van der Waals surface area contributed by atoms with Gasteiger partial charge in [0.25, 0.3) is 0 Å². The van der Waals surface area contributed by atoms with Crippen LogP contribution in [0.3, 0.4) is 0 Å². The van der Waals surface area contributed by atoms with E-state index in [9.17, 15) is 8.78 Å². The number of thiocarbonyl (C=S) groups is 1. The number of hydrogen-bond acceptors (Lipinski definition) is 3. The Labute approximate surface area is 165 Å². The first-order valence-corrected chi connectivity index (χ1v) is 9.28. The highest BCUT2D eigenvalue weighted by molar-refractivity contribution is 9.10. The zero-order valence-corrected chi connectivity index (χ0v) is 17.2. The van der Waals surface area contributed by atoms with Gasteiger partial charge in [-0.25, -0.2) is 0 Å². The van der Waals surface area contributed by atoms with Gasteiger partial charge in [-0.1, -0.05) is 6.07 Å². The summed E-state index contributed by atoms with van der Waals surface area (Å²) in [5, 5.41) is 10.8. The minimum absolute atomic E-state index is 0.0663. The molecule has 0 radical (unpaired) electrons. The Morgan fingerprint density at radius 1 is 1.35 bits per heavy atom. The first-order valence-electron chi connectivity index (χ1n) is 8.07. The summed E-state index contributed by atoms with van der Waals surface area (Å²) in [6.07, 6.45) is 0.810. The number of anilines is 1. The number of alkyl halides is 2. The maximum Gasteiger partial charge on any atom is 0.387 e. The molecule has 5 nitrogen and oxygen atoms in total. The summed E-state index contributed by atoms with van der Waals surface area (Å²) in [6.45, 7) is 4.24. The minimum atomic E-state index is -2.89. The number of aryl methyl sites for hydroxylation is 3. The average Bonchev–Trinajstić information content (AvgIpc) is 2.81. The van der Waals surface area contributed by atoms with Crippen molar-refractivity contribution in [2.75, 3.05) is 11.9 Å². The Morgan fingerprint density at radius 2 is 2.08 bits per heavy atom. The van der Waals surface area contributed by atoms with Crippen LogP contribution in [-0.2, 0) is 6.54 Å². The molecule has 142 valence electrons. The molecule has 1 heterocycles. The number of aromatic nitrogens is 2. The molecule has 0 spiro atoms. The van der Waals surface area contributed by atoms with Crippen molar-refractivity contribution in [2.24, 2.45) is 0 Å². The molecule has 0 aliphatic heterocycles. The van der Waals surface area contributed by atoms with Crippen LogP contribution >= 0.6 is 28.1 Å². The number of ether oxygens (including phenoxy) is 1. The Balaban J connectivity index is 1.84. The van der Waals surface area contributed by atoms with Gasteiger partial charge in [-0.3, -0.25) is 4.68 Å². The predicted octanol–water partition coefficient (Wildman–Crippen LogP) is 4.55. The summed E-state index contributed by atoms with van der Waals surface area (Å²) >= 11 is 8.73. The van der Waals surface area contributed by atoms with E-state index in [2.05, 4.69) is 36.4 Å². The molecular weight excluding hydrogens is 426 g/mol. The van der Waals surface area contributed by atoms with Gasteiger partial charge in [0, 0.05) is 18.8 Å². The van der Waals surface area contributed by atoms with Crippen LogP contribution in [0.15, 0.2) is 22.7 Å². The second-order valence-corrected chi connectivity index (χ2v) is 7.02. The van der Waals surface area contributed by atoms with Crippen LogP contribution in [0.1, 0.15) is 23.4 Å². The van der Waals surface area contributed by atoms with Crippen LogP contribution in [0.2, 0.25) is 0 Å². The minimum Gasteiger partial charge on any atom is -0.433 e. The maximum absolute atomic E-state index is 12.5. The van der Waals surface area contributed by atoms with E-state index in [1.807, 2.05) is 18.5 Å². The van der Waals surface area contributed by atoms with E-state index in [4.69, 9.17) is 12.2 Å². The summed E-state index contributed by atoms with van der Waals surface area (Å²) in [4.78, 5) is 0. The van der Waals surface area contributed by atoms with Crippen LogP contribution in [0.4, 0.5) is 14.5 Å². The van der Waals surface area contributed by atoms with Gasteiger partial charge in [0.05, 0.1) is 15.9 Å². The maximum atomic E-state index is 12.5. The fourth-order valence-corrected chi connectivity index (χ4v) is 2.91. The number of rotatable bonds is 7. The summed E-state index contributed by atoms with van der Waals surface area (Å²) in [5.41, 5.74) is 3.26. The monoisotopic (exact) mass is 446 g/mol. The number of benzene rings is 1. The highest BCUT2D eigenvalue weighted by Gasteiger charge is 2.11. The molecule has 0 bridgehead atoms. The van der Waals surface area contributed by atoms with Crippen molar-refractivity contribution in [2.45, 2.75) is 40.3 Å². The van der Waals surface area contributed by atoms with Crippen molar-refractivity contribution in [3.63, 3.8) is 0 Å². The van der Waals surface area contributed by atoms with Crippen LogP contribution in [-0.4, -0.2) is 28.0 Å². The van der Waals surface area contributed by atoms with Crippen LogP contribution in [0.25, 0.3) is 0 Å². The lowest BCUT2D eigenvalue weighted by atomic mass is 10.2. The lowest BCUT2D eigenvalue weighted by Gasteiger charge is -2.15. The summed E-state index contributed by atoms with van der Waals surface area (Å²) < 4.78 is 32.6. The third kappa shape index (κ3) is 5.63. The topological polar surface area (TPSA) is 51.1 Å². The predicted molar refractivity (Wildman–Crippen MR) is 106 cm³/mol. The zero-order chi connectivity index (χ0) is 19.3. The number of nitrogens with zero attached hydrogens (tertiary/aromatic N) is 2. The second kappa shape index (κ2) is 9.27. The standard InChI is InChI=1S/C17H21BrF2N4OS/c1-10-5-6-13(14(9-10)25-16(19)20)22-17(26)21-7-4-8-24-12(3)15(18)11(2)23-24/h5-6,9,16H,4,7-8H2,1-3H3,(H2,21,22,26). The molecule has 1 aromatic heterocycles. The molecule has 2 rings (SSSR count). The highest BCUT2D eigenvalue weighted by Crippen LogP contribution is 2.27. The lowest BCUT2D eigenvalue weighted by Crippen LogP contribution is -2.30. The molecular formula is C17H21BrF2N4OS. The van der Waals surface area contributed by atoms with Gasteiger partial charge in [0.15, 0.2) is 5.11 Å². The lowest BCUT2D eigenvalue weighted by molar-refractivity contribution is -0.0493. The normalized spacial score (nSPS) is 10.9. The van der Waals surface area contributed by atoms with E-state index in [1.54, 1.807) is 19.1 Å². The molecule has 0 aliphatic carbocycles. The molecule has 2 aromatic rings. The van der Waals surface area contributed by atoms with Crippen molar-refractivity contribution in [3.8, 4) is 5.75 Å². The van der Waals surface area contributed by atoms with Crippen LogP contribution < -0.4 is 15.4 Å². The van der Waals surface area contributed by atoms with Gasteiger partial charge < -0.3 is 15.4 Å². The van der Waals surface area contributed by atoms with E-state index in [0.717, 1.165) is 34.4 Å². The Hall–Kier alpha value is -1.74. The molecule has 0 amide bonds. The summed E-state index contributed by atoms with van der Waals surface area (Å²) in [6, 6.07) is 5.00. The molecule has 0 fully saturated rings. The van der Waals surface area contributed by atoms with E-state index in [0.29, 0.717) is 17.3 Å². The molecule has 0 unspecified atom stereocenters. The third-order valence-corrected chi connectivity index (χ3v) is 5.12. The summed E-state index contributed by atoms with van der Waals surface area (Å²) in [7, 11) is 0. The quantitative estimate of drug-likeness (QED) is 0.482. The van der Waals surface area contributed by atoms with E-state index in [1.165, 1.54) is 6.07 Å². The van der Waals surface area contributed by atoms with Gasteiger partial charge >= 0.3 is 6.61 Å². The smallest absolute Gasteiger partial charge is 0.387 e. The Bertz CT molecular complexity index is 782.